The van der Waals surface area contributed by atoms with Crippen LogP contribution in [-0.2, 0) is 32.6 Å². The minimum atomic E-state index is -3.61. The molecular weight excluding hydrogens is 440 g/mol. The van der Waals surface area contributed by atoms with Gasteiger partial charge in [-0.15, -0.1) is 0 Å². The molecule has 2 aromatic rings. The van der Waals surface area contributed by atoms with E-state index >= 15 is 0 Å². The van der Waals surface area contributed by atoms with E-state index in [1.54, 1.807) is 17.0 Å². The number of aryl methyl sites for hydroxylation is 2. The number of piperazine rings is 1. The molecule has 0 aliphatic carbocycles. The van der Waals surface area contributed by atoms with E-state index in [2.05, 4.69) is 0 Å². The number of amides is 2. The smallest absolute Gasteiger partial charge is 0.243 e. The zero-order valence-corrected chi connectivity index (χ0v) is 19.8. The van der Waals surface area contributed by atoms with Crippen molar-refractivity contribution in [1.82, 2.24) is 14.1 Å². The van der Waals surface area contributed by atoms with Crippen LogP contribution >= 0.6 is 0 Å². The fourth-order valence-corrected chi connectivity index (χ4v) is 6.01. The predicted molar refractivity (Wildman–Crippen MR) is 125 cm³/mol. The van der Waals surface area contributed by atoms with Gasteiger partial charge in [-0.05, 0) is 54.7 Å². The summed E-state index contributed by atoms with van der Waals surface area (Å²) in [6.45, 7) is 5.50. The van der Waals surface area contributed by atoms with Crippen molar-refractivity contribution >= 4 is 21.8 Å². The fraction of sp³-hybridized carbons (Fsp3) is 0.417. The molecule has 2 heterocycles. The average Bonchev–Trinajstić information content (AvgIpc) is 2.80. The monoisotopic (exact) mass is 470 g/mol. The van der Waals surface area contributed by atoms with Gasteiger partial charge in [-0.1, -0.05) is 30.3 Å². The molecule has 0 saturated carbocycles. The summed E-state index contributed by atoms with van der Waals surface area (Å²) in [7, 11) is -3.61. The van der Waals surface area contributed by atoms with Crippen LogP contribution in [0.3, 0.4) is 0 Å². The normalized spacial score (nSPS) is 19.8. The maximum atomic E-state index is 13.0. The van der Waals surface area contributed by atoms with Gasteiger partial charge in [0.1, 0.15) is 0 Å². The van der Waals surface area contributed by atoms with Crippen LogP contribution < -0.4 is 5.73 Å². The first kappa shape index (κ1) is 23.4. The number of hydrogen-bond acceptors (Lipinski definition) is 5. The lowest BCUT2D eigenvalue weighted by molar-refractivity contribution is -0.136. The Bertz CT molecular complexity index is 1170. The molecular formula is C24H30N4O4S. The van der Waals surface area contributed by atoms with Crippen LogP contribution in [0.2, 0.25) is 0 Å². The van der Waals surface area contributed by atoms with Gasteiger partial charge in [-0.25, -0.2) is 8.42 Å². The van der Waals surface area contributed by atoms with Crippen LogP contribution in [0.1, 0.15) is 22.3 Å². The van der Waals surface area contributed by atoms with Crippen molar-refractivity contribution in [2.24, 2.45) is 5.73 Å². The largest absolute Gasteiger partial charge is 0.368 e. The first-order valence-corrected chi connectivity index (χ1v) is 12.6. The summed E-state index contributed by atoms with van der Waals surface area (Å²) in [6, 6.07) is 12.5. The molecule has 33 heavy (non-hydrogen) atoms. The van der Waals surface area contributed by atoms with Crippen molar-refractivity contribution in [3.8, 4) is 0 Å². The summed E-state index contributed by atoms with van der Waals surface area (Å²) in [4.78, 5) is 28.8. The number of nitrogens with zero attached hydrogens (tertiary/aromatic N) is 3. The quantitative estimate of drug-likeness (QED) is 0.704. The number of sulfonamides is 1. The Labute approximate surface area is 195 Å². The van der Waals surface area contributed by atoms with Gasteiger partial charge in [0.15, 0.2) is 0 Å². The van der Waals surface area contributed by atoms with Crippen molar-refractivity contribution in [3.63, 3.8) is 0 Å². The third-order valence-electron chi connectivity index (χ3n) is 6.72. The summed E-state index contributed by atoms with van der Waals surface area (Å²) in [5, 5.41) is 0. The number of primary amides is 1. The van der Waals surface area contributed by atoms with Crippen LogP contribution in [-0.4, -0.2) is 73.1 Å². The van der Waals surface area contributed by atoms with E-state index in [1.165, 1.54) is 4.31 Å². The van der Waals surface area contributed by atoms with E-state index < -0.39 is 22.0 Å². The molecule has 4 rings (SSSR count). The van der Waals surface area contributed by atoms with Crippen molar-refractivity contribution < 1.29 is 18.0 Å². The lowest BCUT2D eigenvalue weighted by Crippen LogP contribution is -2.55. The number of hydrogen-bond donors (Lipinski definition) is 1. The number of carbonyl (C=O) groups is 2. The standard InChI is InChI=1S/C24H30N4O4S/c1-17-7-8-21(13-18(17)2)33(31,32)28-11-9-26(10-12-28)23(29)16-27-15-20-6-4-3-5-19(20)14-22(27)24(25)30/h3-8,13,22H,9-12,14-16H2,1-2H3,(H2,25,30). The van der Waals surface area contributed by atoms with Crippen molar-refractivity contribution in [3.05, 3.63) is 64.7 Å². The summed E-state index contributed by atoms with van der Waals surface area (Å²) >= 11 is 0. The predicted octanol–water partition coefficient (Wildman–Crippen LogP) is 1.05. The van der Waals surface area contributed by atoms with Crippen LogP contribution in [0.15, 0.2) is 47.4 Å². The van der Waals surface area contributed by atoms with E-state index in [4.69, 9.17) is 5.73 Å². The molecule has 176 valence electrons. The Kier molecular flexibility index (Phi) is 6.56. The van der Waals surface area contributed by atoms with Gasteiger partial charge in [0.05, 0.1) is 17.5 Å². The van der Waals surface area contributed by atoms with Gasteiger partial charge in [0, 0.05) is 32.7 Å². The second-order valence-electron chi connectivity index (χ2n) is 8.83. The second kappa shape index (κ2) is 9.24. The van der Waals surface area contributed by atoms with Gasteiger partial charge in [-0.2, -0.15) is 4.31 Å². The summed E-state index contributed by atoms with van der Waals surface area (Å²) in [6.07, 6.45) is 0.487. The highest BCUT2D eigenvalue weighted by Crippen LogP contribution is 2.24. The van der Waals surface area contributed by atoms with Gasteiger partial charge < -0.3 is 10.6 Å². The zero-order chi connectivity index (χ0) is 23.8. The van der Waals surface area contributed by atoms with Crippen LogP contribution in [0.4, 0.5) is 0 Å². The van der Waals surface area contributed by atoms with Gasteiger partial charge in [-0.3, -0.25) is 14.5 Å². The average molecular weight is 471 g/mol. The third kappa shape index (κ3) is 4.80. The van der Waals surface area contributed by atoms with Crippen molar-refractivity contribution in [2.75, 3.05) is 32.7 Å². The molecule has 8 nitrogen and oxygen atoms in total. The Morgan fingerprint density at radius 3 is 2.27 bits per heavy atom. The lowest BCUT2D eigenvalue weighted by atomic mass is 9.93. The molecule has 0 bridgehead atoms. The number of rotatable bonds is 5. The van der Waals surface area contributed by atoms with Gasteiger partial charge >= 0.3 is 0 Å². The molecule has 2 N–H and O–H groups in total. The minimum absolute atomic E-state index is 0.0752. The van der Waals surface area contributed by atoms with Crippen molar-refractivity contribution in [1.29, 1.82) is 0 Å². The van der Waals surface area contributed by atoms with Crippen LogP contribution in [0.25, 0.3) is 0 Å². The van der Waals surface area contributed by atoms with Crippen LogP contribution in [0, 0.1) is 13.8 Å². The summed E-state index contributed by atoms with van der Waals surface area (Å²) in [5.41, 5.74) is 9.77. The minimum Gasteiger partial charge on any atom is -0.368 e. The lowest BCUT2D eigenvalue weighted by Gasteiger charge is -2.38. The maximum absolute atomic E-state index is 13.0. The Morgan fingerprint density at radius 1 is 0.970 bits per heavy atom. The van der Waals surface area contributed by atoms with E-state index in [9.17, 15) is 18.0 Å². The molecule has 1 fully saturated rings. The number of nitrogens with two attached hydrogens (primary N) is 1. The maximum Gasteiger partial charge on any atom is 0.243 e. The topological polar surface area (TPSA) is 104 Å². The molecule has 0 radical (unpaired) electrons. The molecule has 1 unspecified atom stereocenters. The molecule has 9 heteroatoms. The van der Waals surface area contributed by atoms with E-state index in [-0.39, 0.29) is 30.4 Å². The Hall–Kier alpha value is -2.75. The number of carbonyl (C=O) groups excluding carboxylic acids is 2. The van der Waals surface area contributed by atoms with Crippen LogP contribution in [0.5, 0.6) is 0 Å². The molecule has 2 aliphatic heterocycles. The molecule has 0 spiro atoms. The van der Waals surface area contributed by atoms with E-state index in [0.717, 1.165) is 22.3 Å². The second-order valence-corrected chi connectivity index (χ2v) is 10.8. The van der Waals surface area contributed by atoms with Gasteiger partial charge in [0.25, 0.3) is 0 Å². The number of benzene rings is 2. The molecule has 0 aromatic heterocycles. The molecule has 2 aromatic carbocycles. The highest BCUT2D eigenvalue weighted by Gasteiger charge is 2.34. The van der Waals surface area contributed by atoms with E-state index in [1.807, 2.05) is 49.1 Å². The Balaban J connectivity index is 1.40. The third-order valence-corrected chi connectivity index (χ3v) is 8.61. The fourth-order valence-electron chi connectivity index (χ4n) is 4.50. The first-order valence-electron chi connectivity index (χ1n) is 11.1. The molecule has 1 atom stereocenters. The van der Waals surface area contributed by atoms with E-state index in [0.29, 0.717) is 26.1 Å². The number of fused-ring (bicyclic) bond motifs is 1. The first-order chi connectivity index (χ1) is 15.7. The van der Waals surface area contributed by atoms with Crippen molar-refractivity contribution in [2.45, 2.75) is 37.8 Å². The molecule has 1 saturated heterocycles. The summed E-state index contributed by atoms with van der Waals surface area (Å²) in [5.74, 6) is -0.564. The van der Waals surface area contributed by atoms with Gasteiger partial charge in [0.2, 0.25) is 21.8 Å². The Morgan fingerprint density at radius 2 is 1.64 bits per heavy atom. The highest BCUT2D eigenvalue weighted by molar-refractivity contribution is 7.89. The highest BCUT2D eigenvalue weighted by atomic mass is 32.2. The molecule has 2 amide bonds. The SMILES string of the molecule is Cc1ccc(S(=O)(=O)N2CCN(C(=O)CN3Cc4ccccc4CC3C(N)=O)CC2)cc1C. The molecule has 2 aliphatic rings. The zero-order valence-electron chi connectivity index (χ0n) is 19.0. The summed E-state index contributed by atoms with van der Waals surface area (Å²) < 4.78 is 27.5.